The van der Waals surface area contributed by atoms with Crippen molar-refractivity contribution < 1.29 is 4.79 Å². The Labute approximate surface area is 118 Å². The standard InChI is InChI=1S/C15H18N4O/c1-3-6-17-12-4-8-18-14(10-12)15(20)19-13-5-7-16-11(2)9-13/h4-5,7-10H,3,6H2,1-2H3,(H,17,18)(H,16,19,20). The molecule has 0 unspecified atom stereocenters. The molecule has 0 aliphatic rings. The van der Waals surface area contributed by atoms with Crippen LogP contribution in [-0.4, -0.2) is 22.4 Å². The van der Waals surface area contributed by atoms with Crippen molar-refractivity contribution in [2.24, 2.45) is 0 Å². The first-order chi connectivity index (χ1) is 9.69. The number of aromatic nitrogens is 2. The second-order valence-corrected chi connectivity index (χ2v) is 4.50. The fourth-order valence-electron chi connectivity index (χ4n) is 1.75. The van der Waals surface area contributed by atoms with Crippen LogP contribution in [-0.2, 0) is 0 Å². The Balaban J connectivity index is 2.09. The molecule has 0 spiro atoms. The summed E-state index contributed by atoms with van der Waals surface area (Å²) in [6.45, 7) is 4.84. The first kappa shape index (κ1) is 14.0. The quantitative estimate of drug-likeness (QED) is 0.876. The van der Waals surface area contributed by atoms with Crippen molar-refractivity contribution in [2.45, 2.75) is 20.3 Å². The normalized spacial score (nSPS) is 10.1. The van der Waals surface area contributed by atoms with E-state index in [9.17, 15) is 4.79 Å². The maximum Gasteiger partial charge on any atom is 0.274 e. The summed E-state index contributed by atoms with van der Waals surface area (Å²) in [4.78, 5) is 20.3. The highest BCUT2D eigenvalue weighted by Gasteiger charge is 2.08. The summed E-state index contributed by atoms with van der Waals surface area (Å²) in [5.41, 5.74) is 2.86. The second-order valence-electron chi connectivity index (χ2n) is 4.50. The van der Waals surface area contributed by atoms with Gasteiger partial charge >= 0.3 is 0 Å². The molecule has 0 aliphatic heterocycles. The molecule has 2 rings (SSSR count). The van der Waals surface area contributed by atoms with Crippen molar-refractivity contribution in [2.75, 3.05) is 17.2 Å². The number of pyridine rings is 2. The molecule has 0 aromatic carbocycles. The summed E-state index contributed by atoms with van der Waals surface area (Å²) in [6, 6.07) is 7.17. The fraction of sp³-hybridized carbons (Fsp3) is 0.267. The van der Waals surface area contributed by atoms with Crippen molar-refractivity contribution >= 4 is 17.3 Å². The molecular formula is C15H18N4O. The highest BCUT2D eigenvalue weighted by atomic mass is 16.1. The van der Waals surface area contributed by atoms with Gasteiger partial charge in [-0.3, -0.25) is 14.8 Å². The van der Waals surface area contributed by atoms with E-state index in [1.165, 1.54) is 0 Å². The number of hydrogen-bond donors (Lipinski definition) is 2. The minimum Gasteiger partial charge on any atom is -0.385 e. The lowest BCUT2D eigenvalue weighted by Gasteiger charge is -2.08. The number of carbonyl (C=O) groups excluding carboxylic acids is 1. The van der Waals surface area contributed by atoms with E-state index in [2.05, 4.69) is 27.5 Å². The van der Waals surface area contributed by atoms with Crippen LogP contribution in [0.15, 0.2) is 36.7 Å². The van der Waals surface area contributed by atoms with E-state index < -0.39 is 0 Å². The van der Waals surface area contributed by atoms with Gasteiger partial charge in [-0.1, -0.05) is 6.92 Å². The summed E-state index contributed by atoms with van der Waals surface area (Å²) < 4.78 is 0. The Hall–Kier alpha value is -2.43. The molecule has 0 atom stereocenters. The number of amides is 1. The third-order valence-electron chi connectivity index (χ3n) is 2.73. The van der Waals surface area contributed by atoms with Crippen LogP contribution in [0.1, 0.15) is 29.5 Å². The maximum absolute atomic E-state index is 12.1. The summed E-state index contributed by atoms with van der Waals surface area (Å²) in [5.74, 6) is -0.226. The molecule has 20 heavy (non-hydrogen) atoms. The van der Waals surface area contributed by atoms with Gasteiger partial charge in [0.15, 0.2) is 0 Å². The van der Waals surface area contributed by atoms with Gasteiger partial charge in [-0.05, 0) is 37.6 Å². The number of hydrogen-bond acceptors (Lipinski definition) is 4. The molecule has 5 nitrogen and oxygen atoms in total. The molecule has 0 saturated carbocycles. The zero-order valence-electron chi connectivity index (χ0n) is 11.7. The van der Waals surface area contributed by atoms with E-state index in [4.69, 9.17) is 0 Å². The van der Waals surface area contributed by atoms with Crippen molar-refractivity contribution in [3.8, 4) is 0 Å². The monoisotopic (exact) mass is 270 g/mol. The summed E-state index contributed by atoms with van der Waals surface area (Å²) in [5, 5.41) is 6.05. The van der Waals surface area contributed by atoms with Crippen LogP contribution < -0.4 is 10.6 Å². The van der Waals surface area contributed by atoms with E-state index in [1.54, 1.807) is 24.5 Å². The van der Waals surface area contributed by atoms with Crippen LogP contribution in [0, 0.1) is 6.92 Å². The van der Waals surface area contributed by atoms with Crippen molar-refractivity contribution in [1.82, 2.24) is 9.97 Å². The van der Waals surface area contributed by atoms with Crippen LogP contribution in [0.25, 0.3) is 0 Å². The smallest absolute Gasteiger partial charge is 0.274 e. The van der Waals surface area contributed by atoms with E-state index in [0.717, 1.165) is 30.0 Å². The topological polar surface area (TPSA) is 66.9 Å². The van der Waals surface area contributed by atoms with Gasteiger partial charge in [0.25, 0.3) is 5.91 Å². The number of carbonyl (C=O) groups is 1. The second kappa shape index (κ2) is 6.65. The van der Waals surface area contributed by atoms with E-state index in [-0.39, 0.29) is 5.91 Å². The molecule has 5 heteroatoms. The fourth-order valence-corrected chi connectivity index (χ4v) is 1.75. The van der Waals surface area contributed by atoms with Crippen LogP contribution in [0.3, 0.4) is 0 Å². The molecule has 0 aliphatic carbocycles. The van der Waals surface area contributed by atoms with Crippen LogP contribution in [0.5, 0.6) is 0 Å². The molecule has 2 N–H and O–H groups in total. The van der Waals surface area contributed by atoms with Gasteiger partial charge in [-0.15, -0.1) is 0 Å². The van der Waals surface area contributed by atoms with Gasteiger partial charge in [0.05, 0.1) is 0 Å². The third kappa shape index (κ3) is 3.78. The first-order valence-corrected chi connectivity index (χ1v) is 6.63. The Morgan fingerprint density at radius 2 is 1.90 bits per heavy atom. The minimum absolute atomic E-state index is 0.226. The maximum atomic E-state index is 12.1. The zero-order valence-corrected chi connectivity index (χ0v) is 11.7. The Morgan fingerprint density at radius 3 is 2.65 bits per heavy atom. The molecule has 104 valence electrons. The van der Waals surface area contributed by atoms with Gasteiger partial charge < -0.3 is 10.6 Å². The van der Waals surface area contributed by atoms with Gasteiger partial charge in [-0.25, -0.2) is 0 Å². The van der Waals surface area contributed by atoms with Crippen molar-refractivity contribution in [3.05, 3.63) is 48.0 Å². The number of rotatable bonds is 5. The summed E-state index contributed by atoms with van der Waals surface area (Å²) >= 11 is 0. The highest BCUT2D eigenvalue weighted by Crippen LogP contribution is 2.12. The Kier molecular flexibility index (Phi) is 4.65. The third-order valence-corrected chi connectivity index (χ3v) is 2.73. The van der Waals surface area contributed by atoms with E-state index in [1.807, 2.05) is 19.1 Å². The van der Waals surface area contributed by atoms with Crippen LogP contribution in [0.2, 0.25) is 0 Å². The van der Waals surface area contributed by atoms with E-state index in [0.29, 0.717) is 5.69 Å². The first-order valence-electron chi connectivity index (χ1n) is 6.63. The lowest BCUT2D eigenvalue weighted by molar-refractivity contribution is 0.102. The number of nitrogens with one attached hydrogen (secondary N) is 2. The lowest BCUT2D eigenvalue weighted by Crippen LogP contribution is -2.14. The predicted molar refractivity (Wildman–Crippen MR) is 79.9 cm³/mol. The van der Waals surface area contributed by atoms with Crippen LogP contribution >= 0.6 is 0 Å². The van der Waals surface area contributed by atoms with Crippen molar-refractivity contribution in [3.63, 3.8) is 0 Å². The van der Waals surface area contributed by atoms with Gasteiger partial charge in [-0.2, -0.15) is 0 Å². The SMILES string of the molecule is CCCNc1ccnc(C(=O)Nc2ccnc(C)c2)c1. The average molecular weight is 270 g/mol. The zero-order chi connectivity index (χ0) is 14.4. The molecule has 2 aromatic heterocycles. The highest BCUT2D eigenvalue weighted by molar-refractivity contribution is 6.03. The van der Waals surface area contributed by atoms with Gasteiger partial charge in [0.1, 0.15) is 5.69 Å². The van der Waals surface area contributed by atoms with Gasteiger partial charge in [0.2, 0.25) is 0 Å². The number of anilines is 2. The molecule has 2 heterocycles. The molecule has 0 fully saturated rings. The predicted octanol–water partition coefficient (Wildman–Crippen LogP) is 2.86. The number of nitrogens with zero attached hydrogens (tertiary/aromatic N) is 2. The minimum atomic E-state index is -0.226. The van der Waals surface area contributed by atoms with Crippen molar-refractivity contribution in [1.29, 1.82) is 0 Å². The molecule has 0 saturated heterocycles. The molecule has 0 bridgehead atoms. The van der Waals surface area contributed by atoms with E-state index >= 15 is 0 Å². The molecule has 0 radical (unpaired) electrons. The van der Waals surface area contributed by atoms with Gasteiger partial charge in [0, 0.05) is 36.0 Å². The summed E-state index contributed by atoms with van der Waals surface area (Å²) in [6.07, 6.45) is 4.32. The number of aryl methyl sites for hydroxylation is 1. The molecule has 1 amide bonds. The molecular weight excluding hydrogens is 252 g/mol. The Bertz CT molecular complexity index is 598. The van der Waals surface area contributed by atoms with Crippen LogP contribution in [0.4, 0.5) is 11.4 Å². The largest absolute Gasteiger partial charge is 0.385 e. The average Bonchev–Trinajstić information content (AvgIpc) is 2.45. The molecule has 2 aromatic rings. The lowest BCUT2D eigenvalue weighted by atomic mass is 10.2. The summed E-state index contributed by atoms with van der Waals surface area (Å²) in [7, 11) is 0. The Morgan fingerprint density at radius 1 is 1.15 bits per heavy atom.